The average molecular weight is 508 g/mol. The molecular formula is C36H61N. The third-order valence-corrected chi connectivity index (χ3v) is 7.67. The van der Waals surface area contributed by atoms with Gasteiger partial charge in [-0.25, -0.2) is 0 Å². The summed E-state index contributed by atoms with van der Waals surface area (Å²) in [5.74, 6) is 0. The number of aryl methyl sites for hydroxylation is 2. The average Bonchev–Trinajstić information content (AvgIpc) is 2.90. The molecule has 0 unspecified atom stereocenters. The SMILES string of the molecule is C=C(CC/C=C(\C)CCCCCCCc1ccc(CC)c(CNC(=C)CCCC)c1)CCCCCCC. The Balaban J connectivity index is 2.18. The predicted molar refractivity (Wildman–Crippen MR) is 168 cm³/mol. The van der Waals surface area contributed by atoms with Crippen LogP contribution in [-0.4, -0.2) is 0 Å². The Morgan fingerprint density at radius 3 is 2.14 bits per heavy atom. The van der Waals surface area contributed by atoms with E-state index in [0.717, 1.165) is 19.4 Å². The lowest BCUT2D eigenvalue weighted by Gasteiger charge is -2.14. The zero-order valence-electron chi connectivity index (χ0n) is 25.4. The minimum atomic E-state index is 0.916. The van der Waals surface area contributed by atoms with Crippen molar-refractivity contribution in [3.63, 3.8) is 0 Å². The molecule has 210 valence electrons. The molecule has 0 aliphatic heterocycles. The van der Waals surface area contributed by atoms with Crippen LogP contribution in [0.3, 0.4) is 0 Å². The molecule has 0 saturated carbocycles. The van der Waals surface area contributed by atoms with Crippen LogP contribution in [0.5, 0.6) is 0 Å². The molecule has 0 saturated heterocycles. The van der Waals surface area contributed by atoms with Gasteiger partial charge in [0.25, 0.3) is 0 Å². The topological polar surface area (TPSA) is 12.0 Å². The number of allylic oxidation sites excluding steroid dienone is 4. The highest BCUT2D eigenvalue weighted by atomic mass is 14.9. The van der Waals surface area contributed by atoms with Crippen molar-refractivity contribution in [2.75, 3.05) is 0 Å². The molecular weight excluding hydrogens is 446 g/mol. The van der Waals surface area contributed by atoms with E-state index in [-0.39, 0.29) is 0 Å². The molecule has 37 heavy (non-hydrogen) atoms. The summed E-state index contributed by atoms with van der Waals surface area (Å²) >= 11 is 0. The van der Waals surface area contributed by atoms with Gasteiger partial charge in [-0.15, -0.1) is 0 Å². The van der Waals surface area contributed by atoms with E-state index in [2.05, 4.69) is 70.4 Å². The number of hydrogen-bond donors (Lipinski definition) is 1. The number of nitrogens with one attached hydrogen (secondary N) is 1. The van der Waals surface area contributed by atoms with Crippen molar-refractivity contribution in [3.05, 3.63) is 71.0 Å². The Kier molecular flexibility index (Phi) is 20.0. The Bertz CT molecular complexity index is 769. The van der Waals surface area contributed by atoms with Gasteiger partial charge in [0.1, 0.15) is 0 Å². The van der Waals surface area contributed by atoms with Crippen molar-refractivity contribution in [2.45, 2.75) is 156 Å². The van der Waals surface area contributed by atoms with Gasteiger partial charge in [0.05, 0.1) is 0 Å². The molecule has 0 heterocycles. The monoisotopic (exact) mass is 507 g/mol. The Labute approximate surface area is 232 Å². The molecule has 0 radical (unpaired) electrons. The number of benzene rings is 1. The minimum Gasteiger partial charge on any atom is -0.385 e. The summed E-state index contributed by atoms with van der Waals surface area (Å²) in [7, 11) is 0. The quantitative estimate of drug-likeness (QED) is 0.108. The second-order valence-corrected chi connectivity index (χ2v) is 11.3. The summed E-state index contributed by atoms with van der Waals surface area (Å²) in [4.78, 5) is 0. The van der Waals surface area contributed by atoms with Crippen molar-refractivity contribution in [1.29, 1.82) is 0 Å². The number of rotatable bonds is 24. The third kappa shape index (κ3) is 17.4. The predicted octanol–water partition coefficient (Wildman–Crippen LogP) is 11.6. The molecule has 1 heteroatoms. The summed E-state index contributed by atoms with van der Waals surface area (Å²) in [6.45, 7) is 18.5. The highest BCUT2D eigenvalue weighted by molar-refractivity contribution is 5.32. The van der Waals surface area contributed by atoms with Gasteiger partial charge in [0.2, 0.25) is 0 Å². The standard InChI is InChI=1S/C36H61N/c1-7-10-12-14-17-21-31(4)23-20-24-32(5)22-18-15-13-16-19-26-34-27-28-35(9-3)36(29-34)30-37-33(6)25-11-8-2/h24,27-29,37H,4,6-23,25-26,30H2,1-3,5H3/b32-24+. The maximum absolute atomic E-state index is 4.30. The summed E-state index contributed by atoms with van der Waals surface area (Å²) < 4.78 is 0. The zero-order valence-corrected chi connectivity index (χ0v) is 25.4. The van der Waals surface area contributed by atoms with E-state index in [0.29, 0.717) is 0 Å². The summed E-state index contributed by atoms with van der Waals surface area (Å²) in [6.07, 6.45) is 26.7. The summed E-state index contributed by atoms with van der Waals surface area (Å²) in [5, 5.41) is 3.56. The first-order valence-corrected chi connectivity index (χ1v) is 15.8. The van der Waals surface area contributed by atoms with Crippen molar-refractivity contribution in [2.24, 2.45) is 0 Å². The molecule has 1 aromatic carbocycles. The number of unbranched alkanes of at least 4 members (excludes halogenated alkanes) is 9. The van der Waals surface area contributed by atoms with Gasteiger partial charge >= 0.3 is 0 Å². The van der Waals surface area contributed by atoms with Crippen LogP contribution in [0.4, 0.5) is 0 Å². The maximum Gasteiger partial charge on any atom is 0.0400 e. The lowest BCUT2D eigenvalue weighted by molar-refractivity contribution is 0.611. The van der Waals surface area contributed by atoms with E-state index < -0.39 is 0 Å². The Morgan fingerprint density at radius 1 is 0.730 bits per heavy atom. The van der Waals surface area contributed by atoms with E-state index in [1.807, 2.05) is 0 Å². The van der Waals surface area contributed by atoms with Crippen LogP contribution in [0, 0.1) is 0 Å². The smallest absolute Gasteiger partial charge is 0.0400 e. The molecule has 1 nitrogen and oxygen atoms in total. The second kappa shape index (κ2) is 22.2. The van der Waals surface area contributed by atoms with Gasteiger partial charge in [0, 0.05) is 12.2 Å². The fourth-order valence-corrected chi connectivity index (χ4v) is 5.03. The highest BCUT2D eigenvalue weighted by Crippen LogP contribution is 2.19. The molecule has 1 rings (SSSR count). The Hall–Kier alpha value is -1.76. The van der Waals surface area contributed by atoms with Gasteiger partial charge in [-0.05, 0) is 94.2 Å². The van der Waals surface area contributed by atoms with Gasteiger partial charge in [-0.3, -0.25) is 0 Å². The van der Waals surface area contributed by atoms with Gasteiger partial charge in [0.15, 0.2) is 0 Å². The van der Waals surface area contributed by atoms with Crippen LogP contribution < -0.4 is 5.32 Å². The van der Waals surface area contributed by atoms with Crippen molar-refractivity contribution in [3.8, 4) is 0 Å². The van der Waals surface area contributed by atoms with Crippen LogP contribution in [0.2, 0.25) is 0 Å². The third-order valence-electron chi connectivity index (χ3n) is 7.67. The van der Waals surface area contributed by atoms with Gasteiger partial charge in [-0.2, -0.15) is 0 Å². The van der Waals surface area contributed by atoms with Crippen LogP contribution in [0.25, 0.3) is 0 Å². The van der Waals surface area contributed by atoms with E-state index >= 15 is 0 Å². The van der Waals surface area contributed by atoms with Crippen LogP contribution in [0.1, 0.15) is 154 Å². The lowest BCUT2D eigenvalue weighted by Crippen LogP contribution is -2.13. The van der Waals surface area contributed by atoms with Crippen LogP contribution >= 0.6 is 0 Å². The first-order chi connectivity index (χ1) is 18.0. The summed E-state index contributed by atoms with van der Waals surface area (Å²) in [5.41, 5.74) is 8.62. The molecule has 1 N–H and O–H groups in total. The minimum absolute atomic E-state index is 0.916. The molecule has 0 amide bonds. The van der Waals surface area contributed by atoms with Gasteiger partial charge in [-0.1, -0.05) is 121 Å². The molecule has 0 fully saturated rings. The maximum atomic E-state index is 4.30. The molecule has 0 spiro atoms. The van der Waals surface area contributed by atoms with Crippen molar-refractivity contribution in [1.82, 2.24) is 5.32 Å². The van der Waals surface area contributed by atoms with E-state index in [1.54, 1.807) is 5.57 Å². The Morgan fingerprint density at radius 2 is 1.41 bits per heavy atom. The zero-order chi connectivity index (χ0) is 27.1. The fraction of sp³-hybridized carbons (Fsp3) is 0.667. The van der Waals surface area contributed by atoms with Gasteiger partial charge < -0.3 is 5.32 Å². The first kappa shape index (κ1) is 33.3. The molecule has 0 bridgehead atoms. The highest BCUT2D eigenvalue weighted by Gasteiger charge is 2.04. The van der Waals surface area contributed by atoms with E-state index in [4.69, 9.17) is 0 Å². The lowest BCUT2D eigenvalue weighted by atomic mass is 9.98. The molecule has 0 aliphatic carbocycles. The second-order valence-electron chi connectivity index (χ2n) is 11.3. The molecule has 0 aromatic heterocycles. The van der Waals surface area contributed by atoms with Crippen molar-refractivity contribution < 1.29 is 0 Å². The molecule has 1 aromatic rings. The number of hydrogen-bond acceptors (Lipinski definition) is 1. The fourth-order valence-electron chi connectivity index (χ4n) is 5.03. The van der Waals surface area contributed by atoms with Crippen molar-refractivity contribution >= 4 is 0 Å². The normalized spacial score (nSPS) is 11.6. The van der Waals surface area contributed by atoms with Crippen LogP contribution in [0.15, 0.2) is 54.3 Å². The molecule has 0 aliphatic rings. The first-order valence-electron chi connectivity index (χ1n) is 15.8. The van der Waals surface area contributed by atoms with Crippen LogP contribution in [-0.2, 0) is 19.4 Å². The van der Waals surface area contributed by atoms with E-state index in [1.165, 1.54) is 137 Å². The largest absolute Gasteiger partial charge is 0.385 e. The summed E-state index contributed by atoms with van der Waals surface area (Å²) in [6, 6.07) is 7.14. The van der Waals surface area contributed by atoms with E-state index in [9.17, 15) is 0 Å². The molecule has 0 atom stereocenters.